The number of hydrogen-bond donors (Lipinski definition) is 2. The van der Waals surface area contributed by atoms with Crippen molar-refractivity contribution in [2.45, 2.75) is 0 Å². The minimum absolute atomic E-state index is 0.204. The number of hydrogen-bond acceptors (Lipinski definition) is 5. The molecule has 2 heterocycles. The van der Waals surface area contributed by atoms with Crippen molar-refractivity contribution < 1.29 is 8.42 Å². The van der Waals surface area contributed by atoms with Crippen molar-refractivity contribution in [2.75, 3.05) is 11.0 Å². The minimum atomic E-state index is -3.47. The molecule has 0 aliphatic carbocycles. The number of rotatable bonds is 4. The fraction of sp³-hybridized carbons (Fsp3) is 0.0500. The van der Waals surface area contributed by atoms with Crippen molar-refractivity contribution in [3.05, 3.63) is 76.0 Å². The van der Waals surface area contributed by atoms with E-state index in [9.17, 15) is 13.2 Å². The van der Waals surface area contributed by atoms with E-state index in [1.54, 1.807) is 18.2 Å². The maximum Gasteiger partial charge on any atom is 0.229 e. The van der Waals surface area contributed by atoms with Gasteiger partial charge in [-0.15, -0.1) is 0 Å². The second-order valence-corrected chi connectivity index (χ2v) is 8.55. The van der Waals surface area contributed by atoms with Crippen LogP contribution in [0.3, 0.4) is 0 Å². The van der Waals surface area contributed by atoms with E-state index >= 15 is 0 Å². The Morgan fingerprint density at radius 3 is 2.38 bits per heavy atom. The van der Waals surface area contributed by atoms with Crippen LogP contribution in [0.4, 0.5) is 5.69 Å². The zero-order chi connectivity index (χ0) is 20.6. The van der Waals surface area contributed by atoms with Crippen molar-refractivity contribution in [3.63, 3.8) is 0 Å². The molecule has 7 nitrogen and oxygen atoms in total. The van der Waals surface area contributed by atoms with Crippen LogP contribution in [-0.2, 0) is 10.0 Å². The van der Waals surface area contributed by atoms with Gasteiger partial charge >= 0.3 is 0 Å². The van der Waals surface area contributed by atoms with Gasteiger partial charge in [0.05, 0.1) is 28.4 Å². The maximum absolute atomic E-state index is 12.3. The van der Waals surface area contributed by atoms with E-state index in [-0.39, 0.29) is 21.7 Å². The van der Waals surface area contributed by atoms with E-state index in [4.69, 9.17) is 11.6 Å². The summed E-state index contributed by atoms with van der Waals surface area (Å²) in [4.78, 5) is 24.4. The van der Waals surface area contributed by atoms with Gasteiger partial charge in [0.2, 0.25) is 15.5 Å². The van der Waals surface area contributed by atoms with Gasteiger partial charge in [0.15, 0.2) is 11.2 Å². The SMILES string of the molecule is CS(=O)(=O)Nc1ccc(-c2nc3c(=O)cc[nH]c3nc2-c2ccccc2)cc1Cl. The van der Waals surface area contributed by atoms with Gasteiger partial charge in [-0.2, -0.15) is 0 Å². The highest BCUT2D eigenvalue weighted by Crippen LogP contribution is 2.34. The van der Waals surface area contributed by atoms with E-state index in [1.165, 1.54) is 12.3 Å². The molecule has 0 saturated carbocycles. The molecule has 9 heteroatoms. The topological polar surface area (TPSA) is 105 Å². The Kier molecular flexibility index (Phi) is 4.81. The zero-order valence-electron chi connectivity index (χ0n) is 15.2. The number of aromatic nitrogens is 3. The van der Waals surface area contributed by atoms with Crippen LogP contribution in [0.2, 0.25) is 5.02 Å². The molecule has 0 aliphatic heterocycles. The van der Waals surface area contributed by atoms with Crippen molar-refractivity contribution >= 4 is 38.5 Å². The summed E-state index contributed by atoms with van der Waals surface area (Å²) in [5.74, 6) is 0. The highest BCUT2D eigenvalue weighted by molar-refractivity contribution is 7.92. The molecule has 0 spiro atoms. The summed E-state index contributed by atoms with van der Waals surface area (Å²) in [6, 6.07) is 15.6. The smallest absolute Gasteiger partial charge is 0.229 e. The third-order valence-electron chi connectivity index (χ3n) is 4.17. The third kappa shape index (κ3) is 3.98. The van der Waals surface area contributed by atoms with Gasteiger partial charge in [-0.05, 0) is 12.1 Å². The first-order valence-electron chi connectivity index (χ1n) is 8.54. The Morgan fingerprint density at radius 1 is 0.966 bits per heavy atom. The number of fused-ring (bicyclic) bond motifs is 1. The van der Waals surface area contributed by atoms with Crippen molar-refractivity contribution in [3.8, 4) is 22.5 Å². The van der Waals surface area contributed by atoms with E-state index in [2.05, 4.69) is 19.7 Å². The van der Waals surface area contributed by atoms with Crippen LogP contribution >= 0.6 is 11.6 Å². The molecule has 0 radical (unpaired) electrons. The van der Waals surface area contributed by atoms with Gasteiger partial charge in [-0.3, -0.25) is 9.52 Å². The number of nitrogens with one attached hydrogen (secondary N) is 2. The fourth-order valence-corrected chi connectivity index (χ4v) is 3.79. The van der Waals surface area contributed by atoms with Crippen LogP contribution in [-0.4, -0.2) is 29.6 Å². The Balaban J connectivity index is 1.96. The number of sulfonamides is 1. The number of halogens is 1. The maximum atomic E-state index is 12.3. The molecule has 29 heavy (non-hydrogen) atoms. The number of H-pyrrole nitrogens is 1. The molecule has 2 aromatic carbocycles. The van der Waals surface area contributed by atoms with Crippen LogP contribution in [0.5, 0.6) is 0 Å². The largest absolute Gasteiger partial charge is 0.345 e. The number of nitrogens with zero attached hydrogens (tertiary/aromatic N) is 2. The number of benzene rings is 2. The van der Waals surface area contributed by atoms with Crippen LogP contribution in [0.15, 0.2) is 65.6 Å². The Morgan fingerprint density at radius 2 is 1.69 bits per heavy atom. The van der Waals surface area contributed by atoms with Crippen molar-refractivity contribution in [1.29, 1.82) is 0 Å². The Bertz CT molecular complexity index is 1390. The van der Waals surface area contributed by atoms with Crippen molar-refractivity contribution in [1.82, 2.24) is 15.0 Å². The van der Waals surface area contributed by atoms with E-state index < -0.39 is 10.0 Å². The fourth-order valence-electron chi connectivity index (χ4n) is 2.93. The second-order valence-electron chi connectivity index (χ2n) is 6.39. The molecule has 0 aliphatic rings. The summed E-state index contributed by atoms with van der Waals surface area (Å²) >= 11 is 6.29. The molecule has 0 atom stereocenters. The number of pyridine rings is 1. The molecular formula is C20H15ClN4O3S. The Labute approximate surface area is 171 Å². The molecule has 2 aromatic heterocycles. The number of anilines is 1. The lowest BCUT2D eigenvalue weighted by Gasteiger charge is -2.12. The molecule has 0 fully saturated rings. The quantitative estimate of drug-likeness (QED) is 0.518. The van der Waals surface area contributed by atoms with Crippen LogP contribution in [0.1, 0.15) is 0 Å². The molecule has 146 valence electrons. The third-order valence-corrected chi connectivity index (χ3v) is 5.07. The minimum Gasteiger partial charge on any atom is -0.345 e. The summed E-state index contributed by atoms with van der Waals surface area (Å²) in [7, 11) is -3.47. The molecular weight excluding hydrogens is 412 g/mol. The van der Waals surface area contributed by atoms with Gasteiger partial charge in [-0.25, -0.2) is 18.4 Å². The molecule has 2 N–H and O–H groups in total. The lowest BCUT2D eigenvalue weighted by Crippen LogP contribution is -2.10. The first-order valence-corrected chi connectivity index (χ1v) is 10.8. The summed E-state index contributed by atoms with van der Waals surface area (Å²) < 4.78 is 25.4. The lowest BCUT2D eigenvalue weighted by molar-refractivity contribution is 0.607. The van der Waals surface area contributed by atoms with E-state index in [0.29, 0.717) is 22.6 Å². The summed E-state index contributed by atoms with van der Waals surface area (Å²) in [5, 5.41) is 0.204. The summed E-state index contributed by atoms with van der Waals surface area (Å²) in [6.07, 6.45) is 2.57. The van der Waals surface area contributed by atoms with Gasteiger partial charge < -0.3 is 4.98 Å². The first-order chi connectivity index (χ1) is 13.8. The normalized spacial score (nSPS) is 11.5. The Hall–Kier alpha value is -3.23. The van der Waals surface area contributed by atoms with Gasteiger partial charge in [0.25, 0.3) is 0 Å². The predicted octanol–water partition coefficient (Wildman–Crippen LogP) is 3.68. The molecule has 0 saturated heterocycles. The molecule has 4 rings (SSSR count). The van der Waals surface area contributed by atoms with Crippen molar-refractivity contribution in [2.24, 2.45) is 0 Å². The van der Waals surface area contributed by atoms with Gasteiger partial charge in [0.1, 0.15) is 0 Å². The summed E-state index contributed by atoms with van der Waals surface area (Å²) in [6.45, 7) is 0. The molecule has 0 bridgehead atoms. The second kappa shape index (κ2) is 7.31. The highest BCUT2D eigenvalue weighted by atomic mass is 35.5. The first kappa shape index (κ1) is 19.1. The average molecular weight is 427 g/mol. The van der Waals surface area contributed by atoms with E-state index in [1.807, 2.05) is 30.3 Å². The van der Waals surface area contributed by atoms with Gasteiger partial charge in [-0.1, -0.05) is 48.0 Å². The molecule has 0 unspecified atom stereocenters. The lowest BCUT2D eigenvalue weighted by atomic mass is 10.0. The standard InChI is InChI=1S/C20H15ClN4O3S/c1-29(27,28)25-15-8-7-13(11-14(15)21)18-17(12-5-3-2-4-6-12)24-20-19(23-18)16(26)9-10-22-20/h2-11,25H,1H3,(H,22,24,26). The molecule has 4 aromatic rings. The monoisotopic (exact) mass is 426 g/mol. The molecule has 0 amide bonds. The van der Waals surface area contributed by atoms with Crippen LogP contribution in [0, 0.1) is 0 Å². The average Bonchev–Trinajstić information content (AvgIpc) is 2.69. The zero-order valence-corrected chi connectivity index (χ0v) is 16.8. The van der Waals surface area contributed by atoms with E-state index in [0.717, 1.165) is 11.8 Å². The van der Waals surface area contributed by atoms with Crippen LogP contribution in [0.25, 0.3) is 33.7 Å². The van der Waals surface area contributed by atoms with Crippen LogP contribution < -0.4 is 10.2 Å². The highest BCUT2D eigenvalue weighted by Gasteiger charge is 2.16. The summed E-state index contributed by atoms with van der Waals surface area (Å²) in [5.41, 5.74) is 3.03. The number of aromatic amines is 1. The van der Waals surface area contributed by atoms with Gasteiger partial charge in [0, 0.05) is 23.4 Å². The predicted molar refractivity (Wildman–Crippen MR) is 115 cm³/mol.